The van der Waals surface area contributed by atoms with E-state index in [0.29, 0.717) is 12.0 Å². The number of carbonyl (C=O) groups is 2. The second-order valence-electron chi connectivity index (χ2n) is 7.98. The van der Waals surface area contributed by atoms with Gasteiger partial charge in [0.25, 0.3) is 0 Å². The van der Waals surface area contributed by atoms with Crippen molar-refractivity contribution in [2.45, 2.75) is 24.9 Å². The largest absolute Gasteiger partial charge is 0.357 e. The average molecular weight is 448 g/mol. The molecule has 0 aliphatic carbocycles. The fourth-order valence-electron chi connectivity index (χ4n) is 3.86. The molecule has 0 spiro atoms. The molecule has 33 heavy (non-hydrogen) atoms. The van der Waals surface area contributed by atoms with Gasteiger partial charge in [0.1, 0.15) is 11.9 Å². The number of hydrogen-bond donors (Lipinski definition) is 2. The highest BCUT2D eigenvalue weighted by atomic mass is 19.1. The van der Waals surface area contributed by atoms with Gasteiger partial charge >= 0.3 is 0 Å². The molecule has 3 aromatic carbocycles. The molecule has 6 heteroatoms. The predicted octanol–water partition coefficient (Wildman–Crippen LogP) is 3.44. The zero-order valence-electron chi connectivity index (χ0n) is 19.2. The van der Waals surface area contributed by atoms with E-state index in [4.69, 9.17) is 0 Å². The smallest absolute Gasteiger partial charge is 0.242 e. The normalized spacial score (nSPS) is 12.6. The standard InChI is InChI=1S/C27H30FN3O2/c1-29-24(17-19-13-15-21(16-14-19)20-9-5-4-6-10-20)27(33)31(3)25(26(32)30-2)18-22-11-7-8-12-23(22)28/h4-16,24-25,29H,17-18H2,1-3H3,(H,30,32)/t24-,25-/m1/s1. The van der Waals surface area contributed by atoms with Gasteiger partial charge in [0.05, 0.1) is 6.04 Å². The van der Waals surface area contributed by atoms with E-state index in [0.717, 1.165) is 16.7 Å². The van der Waals surface area contributed by atoms with Gasteiger partial charge in [-0.05, 0) is 41.8 Å². The minimum absolute atomic E-state index is 0.0940. The van der Waals surface area contributed by atoms with Crippen molar-refractivity contribution in [2.24, 2.45) is 0 Å². The molecule has 2 N–H and O–H groups in total. The first-order valence-corrected chi connectivity index (χ1v) is 11.0. The molecule has 3 rings (SSSR count). The Balaban J connectivity index is 1.74. The Bertz CT molecular complexity index is 1070. The maximum atomic E-state index is 14.2. The molecule has 0 unspecified atom stereocenters. The summed E-state index contributed by atoms with van der Waals surface area (Å²) in [4.78, 5) is 27.3. The Morgan fingerprint density at radius 1 is 0.848 bits per heavy atom. The maximum Gasteiger partial charge on any atom is 0.242 e. The highest BCUT2D eigenvalue weighted by Gasteiger charge is 2.31. The van der Waals surface area contributed by atoms with Crippen LogP contribution in [0, 0.1) is 5.82 Å². The van der Waals surface area contributed by atoms with Crippen LogP contribution in [-0.2, 0) is 22.4 Å². The van der Waals surface area contributed by atoms with Gasteiger partial charge in [0.2, 0.25) is 11.8 Å². The van der Waals surface area contributed by atoms with Crippen molar-refractivity contribution >= 4 is 11.8 Å². The van der Waals surface area contributed by atoms with Crippen LogP contribution in [0.4, 0.5) is 4.39 Å². The topological polar surface area (TPSA) is 61.4 Å². The number of hydrogen-bond acceptors (Lipinski definition) is 3. The number of likely N-dealkylation sites (N-methyl/N-ethyl adjacent to an activating group) is 3. The van der Waals surface area contributed by atoms with Crippen molar-refractivity contribution in [3.8, 4) is 11.1 Å². The van der Waals surface area contributed by atoms with Gasteiger partial charge < -0.3 is 15.5 Å². The van der Waals surface area contributed by atoms with Gasteiger partial charge in [0.15, 0.2) is 0 Å². The average Bonchev–Trinajstić information content (AvgIpc) is 2.86. The quantitative estimate of drug-likeness (QED) is 0.528. The van der Waals surface area contributed by atoms with Gasteiger partial charge in [-0.2, -0.15) is 0 Å². The molecule has 0 aliphatic rings. The van der Waals surface area contributed by atoms with Crippen molar-refractivity contribution in [1.29, 1.82) is 0 Å². The van der Waals surface area contributed by atoms with Crippen LogP contribution in [0.3, 0.4) is 0 Å². The van der Waals surface area contributed by atoms with Crippen LogP contribution in [0.15, 0.2) is 78.9 Å². The molecule has 2 amide bonds. The van der Waals surface area contributed by atoms with E-state index in [9.17, 15) is 14.0 Å². The molecule has 0 bridgehead atoms. The molecule has 3 aromatic rings. The van der Waals surface area contributed by atoms with E-state index in [1.54, 1.807) is 32.3 Å². The van der Waals surface area contributed by atoms with E-state index < -0.39 is 17.9 Å². The number of halogens is 1. The van der Waals surface area contributed by atoms with Crippen molar-refractivity contribution in [3.05, 3.63) is 95.8 Å². The molecule has 0 fully saturated rings. The van der Waals surface area contributed by atoms with Gasteiger partial charge in [-0.1, -0.05) is 72.8 Å². The van der Waals surface area contributed by atoms with Crippen LogP contribution in [0.2, 0.25) is 0 Å². The third-order valence-electron chi connectivity index (χ3n) is 5.88. The highest BCUT2D eigenvalue weighted by Crippen LogP contribution is 2.20. The number of amides is 2. The second-order valence-corrected chi connectivity index (χ2v) is 7.98. The van der Waals surface area contributed by atoms with Crippen LogP contribution >= 0.6 is 0 Å². The molecule has 5 nitrogen and oxygen atoms in total. The summed E-state index contributed by atoms with van der Waals surface area (Å²) >= 11 is 0. The van der Waals surface area contributed by atoms with E-state index in [1.807, 2.05) is 42.5 Å². The van der Waals surface area contributed by atoms with Gasteiger partial charge in [0, 0.05) is 20.5 Å². The minimum atomic E-state index is -0.823. The predicted molar refractivity (Wildman–Crippen MR) is 129 cm³/mol. The lowest BCUT2D eigenvalue weighted by atomic mass is 9.99. The van der Waals surface area contributed by atoms with Crippen LogP contribution in [0.1, 0.15) is 11.1 Å². The summed E-state index contributed by atoms with van der Waals surface area (Å²) in [5, 5.41) is 5.66. The third kappa shape index (κ3) is 6.05. The molecular weight excluding hydrogens is 417 g/mol. The monoisotopic (exact) mass is 447 g/mol. The molecule has 0 saturated heterocycles. The summed E-state index contributed by atoms with van der Waals surface area (Å²) in [6, 6.07) is 23.1. The van der Waals surface area contributed by atoms with Crippen molar-refractivity contribution in [2.75, 3.05) is 21.1 Å². The Hall–Kier alpha value is -3.51. The Kier molecular flexibility index (Phi) is 8.33. The zero-order chi connectivity index (χ0) is 23.8. The minimum Gasteiger partial charge on any atom is -0.357 e. The van der Waals surface area contributed by atoms with Gasteiger partial charge in [-0.3, -0.25) is 9.59 Å². The summed E-state index contributed by atoms with van der Waals surface area (Å²) in [6.07, 6.45) is 0.561. The first kappa shape index (κ1) is 24.1. The van der Waals surface area contributed by atoms with Gasteiger partial charge in [-0.15, -0.1) is 0 Å². The van der Waals surface area contributed by atoms with Crippen molar-refractivity contribution in [3.63, 3.8) is 0 Å². The van der Waals surface area contributed by atoms with Crippen LogP contribution in [0.25, 0.3) is 11.1 Å². The molecule has 0 aliphatic heterocycles. The first-order chi connectivity index (χ1) is 15.9. The SMILES string of the molecule is CNC(=O)[C@@H](Cc1ccccc1F)N(C)C(=O)[C@@H](Cc1ccc(-c2ccccc2)cc1)NC. The lowest BCUT2D eigenvalue weighted by molar-refractivity contribution is -0.140. The summed E-state index contributed by atoms with van der Waals surface area (Å²) in [6.45, 7) is 0. The third-order valence-corrected chi connectivity index (χ3v) is 5.88. The second kappa shape index (κ2) is 11.4. The summed E-state index contributed by atoms with van der Waals surface area (Å²) in [5.41, 5.74) is 3.63. The number of nitrogens with zero attached hydrogens (tertiary/aromatic N) is 1. The number of nitrogens with one attached hydrogen (secondary N) is 2. The summed E-state index contributed by atoms with van der Waals surface area (Å²) in [5.74, 6) is -0.957. The Morgan fingerprint density at radius 2 is 1.45 bits per heavy atom. The summed E-state index contributed by atoms with van der Waals surface area (Å²) < 4.78 is 14.2. The molecule has 0 heterocycles. The molecule has 172 valence electrons. The summed E-state index contributed by atoms with van der Waals surface area (Å²) in [7, 11) is 4.82. The number of benzene rings is 3. The molecular formula is C27H30FN3O2. The van der Waals surface area contributed by atoms with E-state index >= 15 is 0 Å². The first-order valence-electron chi connectivity index (χ1n) is 11.0. The number of rotatable bonds is 9. The molecule has 0 saturated carbocycles. The highest BCUT2D eigenvalue weighted by molar-refractivity contribution is 5.90. The molecule has 2 atom stereocenters. The van der Waals surface area contributed by atoms with E-state index in [-0.39, 0.29) is 18.2 Å². The lowest BCUT2D eigenvalue weighted by Gasteiger charge is -2.30. The lowest BCUT2D eigenvalue weighted by Crippen LogP contribution is -2.54. The number of carbonyl (C=O) groups excluding carboxylic acids is 2. The maximum absolute atomic E-state index is 14.2. The van der Waals surface area contributed by atoms with E-state index in [2.05, 4.69) is 22.8 Å². The van der Waals surface area contributed by atoms with E-state index in [1.165, 1.54) is 18.0 Å². The van der Waals surface area contributed by atoms with Crippen LogP contribution < -0.4 is 10.6 Å². The van der Waals surface area contributed by atoms with Crippen molar-refractivity contribution < 1.29 is 14.0 Å². The zero-order valence-corrected chi connectivity index (χ0v) is 19.2. The fraction of sp³-hybridized carbons (Fsp3) is 0.259. The Morgan fingerprint density at radius 3 is 2.06 bits per heavy atom. The molecule has 0 radical (unpaired) electrons. The fourth-order valence-corrected chi connectivity index (χ4v) is 3.86. The van der Waals surface area contributed by atoms with Gasteiger partial charge in [-0.25, -0.2) is 4.39 Å². The van der Waals surface area contributed by atoms with Crippen molar-refractivity contribution in [1.82, 2.24) is 15.5 Å². The Labute approximate surface area is 194 Å². The molecule has 0 aromatic heterocycles. The van der Waals surface area contributed by atoms with Crippen LogP contribution in [0.5, 0.6) is 0 Å². The van der Waals surface area contributed by atoms with Crippen LogP contribution in [-0.4, -0.2) is 49.9 Å².